The molecule has 0 saturated heterocycles. The first kappa shape index (κ1) is 24.6. The number of hydrogen-bond donors (Lipinski definition) is 1. The minimum absolute atomic E-state index is 0.121. The Morgan fingerprint density at radius 2 is 1.75 bits per heavy atom. The van der Waals surface area contributed by atoms with Gasteiger partial charge in [0.25, 0.3) is 0 Å². The van der Waals surface area contributed by atoms with Crippen LogP contribution in [0.3, 0.4) is 0 Å². The third-order valence-corrected chi connectivity index (χ3v) is 8.40. The molecule has 0 aliphatic heterocycles. The van der Waals surface area contributed by atoms with Crippen LogP contribution in [0.2, 0.25) is 0 Å². The van der Waals surface area contributed by atoms with E-state index in [9.17, 15) is 8.42 Å². The van der Waals surface area contributed by atoms with Crippen molar-refractivity contribution in [3.63, 3.8) is 0 Å². The zero-order chi connectivity index (χ0) is 25.5. The van der Waals surface area contributed by atoms with Gasteiger partial charge in [-0.25, -0.2) is 18.1 Å². The number of benzene rings is 2. The molecule has 2 aromatic heterocycles. The van der Waals surface area contributed by atoms with Crippen LogP contribution >= 0.6 is 0 Å². The van der Waals surface area contributed by atoms with Crippen LogP contribution in [-0.4, -0.2) is 34.2 Å². The summed E-state index contributed by atoms with van der Waals surface area (Å²) in [4.78, 5) is 4.88. The van der Waals surface area contributed by atoms with Gasteiger partial charge >= 0.3 is 0 Å². The van der Waals surface area contributed by atoms with Crippen LogP contribution in [-0.2, 0) is 22.0 Å². The second-order valence-corrected chi connectivity index (χ2v) is 12.5. The molecule has 0 radical (unpaired) electrons. The van der Waals surface area contributed by atoms with Crippen molar-refractivity contribution in [3.05, 3.63) is 71.7 Å². The van der Waals surface area contributed by atoms with E-state index < -0.39 is 10.0 Å². The zero-order valence-electron chi connectivity index (χ0n) is 21.2. The number of hydrogen-bond acceptors (Lipinski definition) is 6. The van der Waals surface area contributed by atoms with E-state index in [2.05, 4.69) is 36.6 Å². The minimum atomic E-state index is -3.66. The second-order valence-electron chi connectivity index (χ2n) is 10.7. The Hall–Kier alpha value is -3.04. The normalized spacial score (nSPS) is 19.1. The summed E-state index contributed by atoms with van der Waals surface area (Å²) in [6, 6.07) is 15.2. The summed E-state index contributed by atoms with van der Waals surface area (Å²) in [6.07, 6.45) is 3.07. The molecule has 1 aliphatic carbocycles. The van der Waals surface area contributed by atoms with Gasteiger partial charge < -0.3 is 8.98 Å². The fourth-order valence-corrected chi connectivity index (χ4v) is 6.14. The van der Waals surface area contributed by atoms with Crippen LogP contribution in [0.5, 0.6) is 0 Å². The Morgan fingerprint density at radius 1 is 1.03 bits per heavy atom. The first-order valence-corrected chi connectivity index (χ1v) is 14.0. The van der Waals surface area contributed by atoms with Crippen molar-refractivity contribution in [2.75, 3.05) is 0 Å². The van der Waals surface area contributed by atoms with Crippen LogP contribution in [0.15, 0.2) is 57.8 Å². The highest BCUT2D eigenvalue weighted by molar-refractivity contribution is 7.89. The Labute approximate surface area is 212 Å². The van der Waals surface area contributed by atoms with Crippen LogP contribution in [0.4, 0.5) is 0 Å². The van der Waals surface area contributed by atoms with Gasteiger partial charge in [-0.05, 0) is 56.4 Å². The van der Waals surface area contributed by atoms with E-state index in [-0.39, 0.29) is 22.3 Å². The third kappa shape index (κ3) is 5.08. The maximum Gasteiger partial charge on any atom is 0.240 e. The highest BCUT2D eigenvalue weighted by Crippen LogP contribution is 2.34. The van der Waals surface area contributed by atoms with Crippen molar-refractivity contribution in [2.45, 2.75) is 82.2 Å². The van der Waals surface area contributed by atoms with Crippen LogP contribution in [0.25, 0.3) is 11.0 Å². The number of fused-ring (bicyclic) bond motifs is 1. The first-order valence-electron chi connectivity index (χ1n) is 12.5. The molecular formula is C27H33N5O3S. The van der Waals surface area contributed by atoms with Crippen LogP contribution in [0, 0.1) is 6.92 Å². The average molecular weight is 508 g/mol. The van der Waals surface area contributed by atoms with E-state index >= 15 is 0 Å². The molecule has 1 fully saturated rings. The molecule has 2 heterocycles. The van der Waals surface area contributed by atoms with E-state index in [1.165, 1.54) is 5.56 Å². The van der Waals surface area contributed by atoms with E-state index in [0.717, 1.165) is 37.0 Å². The maximum absolute atomic E-state index is 13.2. The highest BCUT2D eigenvalue weighted by atomic mass is 32.2. The fraction of sp³-hybridized carbons (Fsp3) is 0.444. The molecule has 4 aromatic rings. The SMILES string of the molecule is Cc1nc2cc(S(=O)(=O)NC3CCC(c4nnc(C(C)(C)C)o4)CC3)ccc2n1Cc1ccccc1. The number of aryl methyl sites for hydroxylation is 1. The predicted molar refractivity (Wildman–Crippen MR) is 138 cm³/mol. The Bertz CT molecular complexity index is 1460. The van der Waals surface area contributed by atoms with Crippen LogP contribution < -0.4 is 4.72 Å². The summed E-state index contributed by atoms with van der Waals surface area (Å²) >= 11 is 0. The topological polar surface area (TPSA) is 103 Å². The lowest BCUT2D eigenvalue weighted by atomic mass is 9.86. The molecule has 190 valence electrons. The smallest absolute Gasteiger partial charge is 0.240 e. The highest BCUT2D eigenvalue weighted by Gasteiger charge is 2.31. The van der Waals surface area contributed by atoms with Crippen LogP contribution in [0.1, 0.15) is 75.5 Å². The lowest BCUT2D eigenvalue weighted by molar-refractivity contribution is 0.304. The number of aromatic nitrogens is 4. The van der Waals surface area contributed by atoms with Gasteiger partial charge in [0, 0.05) is 23.9 Å². The molecule has 5 rings (SSSR count). The quantitative estimate of drug-likeness (QED) is 0.390. The van der Waals surface area contributed by atoms with Crippen molar-refractivity contribution in [2.24, 2.45) is 0 Å². The summed E-state index contributed by atoms with van der Waals surface area (Å²) in [5.41, 5.74) is 2.59. The number of nitrogens with zero attached hydrogens (tertiary/aromatic N) is 4. The van der Waals surface area contributed by atoms with E-state index in [1.807, 2.05) is 52.0 Å². The molecule has 0 bridgehead atoms. The number of imidazole rings is 1. The molecule has 1 aliphatic rings. The average Bonchev–Trinajstić information content (AvgIpc) is 3.45. The van der Waals surface area contributed by atoms with Gasteiger partial charge in [0.05, 0.1) is 15.9 Å². The van der Waals surface area contributed by atoms with Crippen molar-refractivity contribution in [3.8, 4) is 0 Å². The largest absolute Gasteiger partial charge is 0.424 e. The molecule has 2 aromatic carbocycles. The molecule has 0 atom stereocenters. The summed E-state index contributed by atoms with van der Waals surface area (Å²) in [5, 5.41) is 8.45. The van der Waals surface area contributed by atoms with Gasteiger partial charge in [0.1, 0.15) is 5.82 Å². The van der Waals surface area contributed by atoms with Gasteiger partial charge in [-0.2, -0.15) is 0 Å². The van der Waals surface area contributed by atoms with Gasteiger partial charge in [-0.1, -0.05) is 51.1 Å². The molecule has 0 unspecified atom stereocenters. The van der Waals surface area contributed by atoms with Gasteiger partial charge in [-0.15, -0.1) is 10.2 Å². The molecule has 9 heteroatoms. The number of nitrogens with one attached hydrogen (secondary N) is 1. The maximum atomic E-state index is 13.2. The Kier molecular flexibility index (Phi) is 6.46. The zero-order valence-corrected chi connectivity index (χ0v) is 22.0. The monoisotopic (exact) mass is 507 g/mol. The van der Waals surface area contributed by atoms with E-state index in [4.69, 9.17) is 4.42 Å². The van der Waals surface area contributed by atoms with Crippen molar-refractivity contribution in [1.29, 1.82) is 0 Å². The lowest BCUT2D eigenvalue weighted by Crippen LogP contribution is -2.37. The van der Waals surface area contributed by atoms with Gasteiger partial charge in [0.15, 0.2) is 0 Å². The first-order chi connectivity index (χ1) is 17.1. The molecule has 36 heavy (non-hydrogen) atoms. The Balaban J connectivity index is 1.26. The fourth-order valence-electron chi connectivity index (χ4n) is 4.81. The summed E-state index contributed by atoms with van der Waals surface area (Å²) < 4.78 is 37.3. The summed E-state index contributed by atoms with van der Waals surface area (Å²) in [7, 11) is -3.66. The van der Waals surface area contributed by atoms with Gasteiger partial charge in [-0.3, -0.25) is 0 Å². The second kappa shape index (κ2) is 9.44. The molecule has 0 amide bonds. The van der Waals surface area contributed by atoms with Crippen molar-refractivity contribution < 1.29 is 12.8 Å². The molecular weight excluding hydrogens is 474 g/mol. The summed E-state index contributed by atoms with van der Waals surface area (Å²) in [5.74, 6) is 2.32. The Morgan fingerprint density at radius 3 is 2.42 bits per heavy atom. The van der Waals surface area contributed by atoms with Gasteiger partial charge in [0.2, 0.25) is 21.8 Å². The number of sulfonamides is 1. The molecule has 1 saturated carbocycles. The number of rotatable bonds is 6. The molecule has 1 N–H and O–H groups in total. The van der Waals surface area contributed by atoms with Crippen molar-refractivity contribution >= 4 is 21.1 Å². The lowest BCUT2D eigenvalue weighted by Gasteiger charge is -2.27. The standard InChI is InChI=1S/C27H33N5O3S/c1-18-28-23-16-22(14-15-24(23)32(18)17-19-8-6-5-7-9-19)36(33,34)31-21-12-10-20(11-13-21)25-29-30-26(35-25)27(2,3)4/h5-9,14-16,20-21,31H,10-13,17H2,1-4H3. The minimum Gasteiger partial charge on any atom is -0.424 e. The third-order valence-electron chi connectivity index (χ3n) is 6.88. The molecule has 8 nitrogen and oxygen atoms in total. The van der Waals surface area contributed by atoms with E-state index in [1.54, 1.807) is 12.1 Å². The van der Waals surface area contributed by atoms with Crippen molar-refractivity contribution in [1.82, 2.24) is 24.5 Å². The predicted octanol–water partition coefficient (Wildman–Crippen LogP) is 5.08. The molecule has 0 spiro atoms. The summed E-state index contributed by atoms with van der Waals surface area (Å²) in [6.45, 7) is 8.77. The van der Waals surface area contributed by atoms with E-state index in [0.29, 0.717) is 23.8 Å².